The van der Waals surface area contributed by atoms with Gasteiger partial charge in [-0.15, -0.1) is 0 Å². The van der Waals surface area contributed by atoms with Crippen molar-refractivity contribution < 1.29 is 9.29 Å². The number of aryl methyl sites for hydroxylation is 1. The molecule has 1 aliphatic rings. The normalized spacial score (nSPS) is 16.7. The molecule has 1 aromatic carbocycles. The summed E-state index contributed by atoms with van der Waals surface area (Å²) in [4.78, 5) is 5.28. The zero-order valence-corrected chi connectivity index (χ0v) is 15.7. The van der Waals surface area contributed by atoms with Crippen LogP contribution in [0.3, 0.4) is 0 Å². The summed E-state index contributed by atoms with van der Waals surface area (Å²) < 4.78 is 18.4. The Balaban J connectivity index is 1.68. The van der Waals surface area contributed by atoms with Gasteiger partial charge in [-0.3, -0.25) is 10.1 Å². The molecule has 0 aliphatic carbocycles. The third-order valence-electron chi connectivity index (χ3n) is 4.93. The van der Waals surface area contributed by atoms with Crippen LogP contribution in [0.25, 0.3) is 10.9 Å². The standard InChI is InChI=1S/C19H22N4O2S/c1-12-13(2)22-23-19(12)21-18-5-8-20-17-4-3-15(11-16(17)18)26(24)14-6-9-25-10-7-14/h3-5,8,11,14H,6-7,9-10H2,1-2H3,(H2,20,21,22,23)/t26-/m0/s1. The lowest BCUT2D eigenvalue weighted by molar-refractivity contribution is 0.0983. The quantitative estimate of drug-likeness (QED) is 0.685. The second-order valence-electron chi connectivity index (χ2n) is 6.58. The lowest BCUT2D eigenvalue weighted by Gasteiger charge is -2.25. The summed E-state index contributed by atoms with van der Waals surface area (Å²) in [6.07, 6.45) is 3.46. The number of rotatable bonds is 4. The van der Waals surface area contributed by atoms with Crippen LogP contribution in [-0.2, 0) is 15.9 Å². The third-order valence-corrected chi connectivity index (χ3v) is 6.72. The SMILES string of the molecule is Cc1n[nH]c(Nc2ccnc3ccc([S@@+]([O-])C4CCOCC4)cc23)c1C. The average molecular weight is 370 g/mol. The Hall–Kier alpha value is -2.09. The molecule has 7 heteroatoms. The molecule has 6 nitrogen and oxygen atoms in total. The van der Waals surface area contributed by atoms with Crippen molar-refractivity contribution in [2.45, 2.75) is 36.8 Å². The summed E-state index contributed by atoms with van der Waals surface area (Å²) in [5.74, 6) is 0.867. The van der Waals surface area contributed by atoms with E-state index >= 15 is 0 Å². The third kappa shape index (κ3) is 3.30. The Morgan fingerprint density at radius 3 is 2.77 bits per heavy atom. The van der Waals surface area contributed by atoms with E-state index in [2.05, 4.69) is 20.5 Å². The van der Waals surface area contributed by atoms with Gasteiger partial charge in [-0.05, 0) is 43.2 Å². The molecule has 1 aliphatic heterocycles. The van der Waals surface area contributed by atoms with Gasteiger partial charge in [0.05, 0.1) is 30.1 Å². The van der Waals surface area contributed by atoms with Crippen molar-refractivity contribution in [1.82, 2.24) is 15.2 Å². The predicted octanol–water partition coefficient (Wildman–Crippen LogP) is 3.60. The zero-order chi connectivity index (χ0) is 18.1. The van der Waals surface area contributed by atoms with Crippen LogP contribution >= 0.6 is 0 Å². The molecule has 4 rings (SSSR count). The fraction of sp³-hybridized carbons (Fsp3) is 0.368. The molecule has 0 amide bonds. The van der Waals surface area contributed by atoms with Crippen LogP contribution in [0.15, 0.2) is 35.4 Å². The van der Waals surface area contributed by atoms with Crippen molar-refractivity contribution in [3.63, 3.8) is 0 Å². The minimum absolute atomic E-state index is 0.159. The van der Waals surface area contributed by atoms with E-state index in [1.165, 1.54) is 0 Å². The van der Waals surface area contributed by atoms with Gasteiger partial charge in [0.15, 0.2) is 4.90 Å². The molecular weight excluding hydrogens is 348 g/mol. The first kappa shape index (κ1) is 17.3. The molecule has 1 atom stereocenters. The highest BCUT2D eigenvalue weighted by Crippen LogP contribution is 2.31. The summed E-state index contributed by atoms with van der Waals surface area (Å²) in [5.41, 5.74) is 3.84. The number of H-pyrrole nitrogens is 1. The number of nitrogens with one attached hydrogen (secondary N) is 2. The average Bonchev–Trinajstić information content (AvgIpc) is 3.00. The summed E-state index contributed by atoms with van der Waals surface area (Å²) in [7, 11) is 0. The van der Waals surface area contributed by atoms with Gasteiger partial charge >= 0.3 is 0 Å². The molecular formula is C19H22N4O2S. The van der Waals surface area contributed by atoms with Crippen molar-refractivity contribution in [2.75, 3.05) is 18.5 Å². The molecule has 26 heavy (non-hydrogen) atoms. The Labute approximate surface area is 155 Å². The Bertz CT molecular complexity index is 921. The van der Waals surface area contributed by atoms with Crippen molar-refractivity contribution >= 4 is 33.6 Å². The molecule has 0 bridgehead atoms. The van der Waals surface area contributed by atoms with Crippen LogP contribution in [0.4, 0.5) is 11.5 Å². The van der Waals surface area contributed by atoms with Gasteiger partial charge in [0.2, 0.25) is 0 Å². The molecule has 0 spiro atoms. The lowest BCUT2D eigenvalue weighted by Crippen LogP contribution is -2.28. The van der Waals surface area contributed by atoms with Gasteiger partial charge in [-0.25, -0.2) is 0 Å². The number of aromatic amines is 1. The monoisotopic (exact) mass is 370 g/mol. The number of nitrogens with zero attached hydrogens (tertiary/aromatic N) is 2. The van der Waals surface area contributed by atoms with Crippen molar-refractivity contribution in [3.05, 3.63) is 41.7 Å². The molecule has 2 aromatic heterocycles. The van der Waals surface area contributed by atoms with Crippen LogP contribution in [-0.4, -0.2) is 38.2 Å². The van der Waals surface area contributed by atoms with Crippen LogP contribution in [0.2, 0.25) is 0 Å². The lowest BCUT2D eigenvalue weighted by atomic mass is 10.2. The number of fused-ring (bicyclic) bond motifs is 1. The second kappa shape index (κ2) is 7.26. The maximum absolute atomic E-state index is 13.0. The van der Waals surface area contributed by atoms with E-state index < -0.39 is 11.2 Å². The highest BCUT2D eigenvalue weighted by Gasteiger charge is 2.27. The summed E-state index contributed by atoms with van der Waals surface area (Å²) in [6.45, 7) is 5.38. The number of pyridine rings is 1. The van der Waals surface area contributed by atoms with Gasteiger partial charge in [0, 0.05) is 36.1 Å². The van der Waals surface area contributed by atoms with E-state index in [1.54, 1.807) is 6.20 Å². The molecule has 2 N–H and O–H groups in total. The van der Waals surface area contributed by atoms with Crippen LogP contribution in [0, 0.1) is 13.8 Å². The minimum Gasteiger partial charge on any atom is -0.611 e. The second-order valence-corrected chi connectivity index (χ2v) is 8.31. The molecule has 1 fully saturated rings. The van der Waals surface area contributed by atoms with Gasteiger partial charge < -0.3 is 14.6 Å². The molecule has 1 saturated heterocycles. The first-order valence-corrected chi connectivity index (χ1v) is 10.0. The van der Waals surface area contributed by atoms with Crippen molar-refractivity contribution in [3.8, 4) is 0 Å². The molecule has 0 radical (unpaired) electrons. The number of hydrogen-bond acceptors (Lipinski definition) is 5. The van der Waals surface area contributed by atoms with Crippen molar-refractivity contribution in [2.24, 2.45) is 0 Å². The Morgan fingerprint density at radius 2 is 2.04 bits per heavy atom. The number of benzene rings is 1. The highest BCUT2D eigenvalue weighted by molar-refractivity contribution is 7.92. The maximum Gasteiger partial charge on any atom is 0.153 e. The fourth-order valence-corrected chi connectivity index (χ4v) is 4.63. The molecule has 3 heterocycles. The number of ether oxygens (including phenoxy) is 1. The van der Waals surface area contributed by atoms with Gasteiger partial charge in [-0.2, -0.15) is 5.10 Å². The van der Waals surface area contributed by atoms with E-state index in [-0.39, 0.29) is 5.25 Å². The molecule has 3 aromatic rings. The van der Waals surface area contributed by atoms with Crippen LogP contribution < -0.4 is 5.32 Å². The fourth-order valence-electron chi connectivity index (χ4n) is 3.19. The van der Waals surface area contributed by atoms with Crippen molar-refractivity contribution in [1.29, 1.82) is 0 Å². The van der Waals surface area contributed by atoms with E-state index in [9.17, 15) is 4.55 Å². The Morgan fingerprint density at radius 1 is 1.23 bits per heavy atom. The first-order chi connectivity index (χ1) is 12.6. The molecule has 0 unspecified atom stereocenters. The number of aromatic nitrogens is 3. The molecule has 0 saturated carbocycles. The van der Waals surface area contributed by atoms with E-state index in [1.807, 2.05) is 38.1 Å². The summed E-state index contributed by atoms with van der Waals surface area (Å²) >= 11 is -1.04. The van der Waals surface area contributed by atoms with E-state index in [4.69, 9.17) is 4.74 Å². The Kier molecular flexibility index (Phi) is 4.84. The zero-order valence-electron chi connectivity index (χ0n) is 14.9. The molecule has 136 valence electrons. The smallest absolute Gasteiger partial charge is 0.153 e. The summed E-state index contributed by atoms with van der Waals surface area (Å²) in [6, 6.07) is 7.79. The first-order valence-electron chi connectivity index (χ1n) is 8.79. The van der Waals surface area contributed by atoms with Crippen LogP contribution in [0.1, 0.15) is 24.1 Å². The number of anilines is 2. The maximum atomic E-state index is 13.0. The van der Waals surface area contributed by atoms with E-state index in [0.717, 1.165) is 51.4 Å². The topological polar surface area (TPSA) is 85.9 Å². The summed E-state index contributed by atoms with van der Waals surface area (Å²) in [5, 5.41) is 11.8. The number of hydrogen-bond donors (Lipinski definition) is 2. The largest absolute Gasteiger partial charge is 0.611 e. The van der Waals surface area contributed by atoms with Gasteiger partial charge in [0.25, 0.3) is 0 Å². The van der Waals surface area contributed by atoms with Gasteiger partial charge in [-0.1, -0.05) is 0 Å². The van der Waals surface area contributed by atoms with Crippen LogP contribution in [0.5, 0.6) is 0 Å². The van der Waals surface area contributed by atoms with Gasteiger partial charge in [0.1, 0.15) is 11.1 Å². The highest BCUT2D eigenvalue weighted by atomic mass is 32.2. The minimum atomic E-state index is -1.04. The predicted molar refractivity (Wildman–Crippen MR) is 103 cm³/mol. The van der Waals surface area contributed by atoms with E-state index in [0.29, 0.717) is 13.2 Å².